The smallest absolute Gasteiger partial charge is 0.304 e. The van der Waals surface area contributed by atoms with Crippen LogP contribution in [0, 0.1) is 0 Å². The molecule has 1 aliphatic carbocycles. The molecule has 0 aromatic carbocycles. The van der Waals surface area contributed by atoms with Gasteiger partial charge in [0.2, 0.25) is 0 Å². The normalized spacial score (nSPS) is 18.1. The molecule has 1 fully saturated rings. The number of hydrogen-bond donors (Lipinski definition) is 1. The molecule has 4 nitrogen and oxygen atoms in total. The molecule has 0 saturated heterocycles. The Morgan fingerprint density at radius 2 is 2.12 bits per heavy atom. The summed E-state index contributed by atoms with van der Waals surface area (Å²) in [6, 6.07) is 2.08. The first kappa shape index (κ1) is 12.1. The van der Waals surface area contributed by atoms with Crippen LogP contribution in [-0.4, -0.2) is 20.9 Å². The fourth-order valence-electron chi connectivity index (χ4n) is 2.29. The lowest BCUT2D eigenvalue weighted by Crippen LogP contribution is -2.16. The molecule has 1 aliphatic rings. The Kier molecular flexibility index (Phi) is 2.56. The van der Waals surface area contributed by atoms with Crippen LogP contribution in [0.4, 0.5) is 0 Å². The van der Waals surface area contributed by atoms with E-state index in [2.05, 4.69) is 31.9 Å². The van der Waals surface area contributed by atoms with Crippen LogP contribution in [0.3, 0.4) is 0 Å². The molecule has 0 radical (unpaired) electrons. The predicted octanol–water partition coefficient (Wildman–Crippen LogP) is 2.22. The molecule has 0 unspecified atom stereocenters. The quantitative estimate of drug-likeness (QED) is 0.875. The molecule has 2 rings (SSSR count). The molecule has 0 spiro atoms. The first-order chi connectivity index (χ1) is 7.74. The van der Waals surface area contributed by atoms with Crippen molar-refractivity contribution in [3.8, 4) is 0 Å². The van der Waals surface area contributed by atoms with Crippen molar-refractivity contribution in [2.75, 3.05) is 0 Å². The fourth-order valence-corrected chi connectivity index (χ4v) is 2.29. The van der Waals surface area contributed by atoms with E-state index in [0.29, 0.717) is 0 Å². The lowest BCUT2D eigenvalue weighted by Gasteiger charge is -2.14. The molecule has 4 heteroatoms. The predicted molar refractivity (Wildman–Crippen MR) is 65.1 cm³/mol. The van der Waals surface area contributed by atoms with E-state index in [1.807, 2.05) is 11.7 Å². The minimum Gasteiger partial charge on any atom is -0.481 e. The molecular weight excluding hydrogens is 216 g/mol. The van der Waals surface area contributed by atoms with Gasteiger partial charge in [0.1, 0.15) is 0 Å². The third-order valence-corrected chi connectivity index (χ3v) is 3.53. The number of nitrogens with zero attached hydrogens (tertiary/aromatic N) is 2. The highest BCUT2D eigenvalue weighted by atomic mass is 16.4. The molecule has 1 heterocycles. The second-order valence-corrected chi connectivity index (χ2v) is 6.14. The van der Waals surface area contributed by atoms with Gasteiger partial charge in [0, 0.05) is 23.6 Å². The molecule has 1 aromatic heterocycles. The van der Waals surface area contributed by atoms with Crippen LogP contribution < -0.4 is 0 Å². The van der Waals surface area contributed by atoms with Gasteiger partial charge in [0.25, 0.3) is 0 Å². The summed E-state index contributed by atoms with van der Waals surface area (Å²) in [7, 11) is 1.91. The summed E-state index contributed by atoms with van der Waals surface area (Å²) in [5.74, 6) is -0.721. The molecule has 94 valence electrons. The van der Waals surface area contributed by atoms with Crippen LogP contribution in [0.15, 0.2) is 6.07 Å². The molecule has 0 bridgehead atoms. The Bertz CT molecular complexity index is 450. The summed E-state index contributed by atoms with van der Waals surface area (Å²) in [6.07, 6.45) is 2.14. The maximum absolute atomic E-state index is 10.9. The van der Waals surface area contributed by atoms with Crippen LogP contribution in [0.5, 0.6) is 0 Å². The van der Waals surface area contributed by atoms with Crippen LogP contribution in [0.25, 0.3) is 0 Å². The molecule has 1 aromatic rings. The van der Waals surface area contributed by atoms with Crippen molar-refractivity contribution >= 4 is 5.97 Å². The summed E-state index contributed by atoms with van der Waals surface area (Å²) in [5.41, 5.74) is 1.96. The molecule has 0 atom stereocenters. The van der Waals surface area contributed by atoms with Crippen LogP contribution in [0.1, 0.15) is 51.4 Å². The number of hydrogen-bond acceptors (Lipinski definition) is 2. The van der Waals surface area contributed by atoms with Gasteiger partial charge in [0.05, 0.1) is 12.1 Å². The zero-order valence-corrected chi connectivity index (χ0v) is 10.9. The Labute approximate surface area is 102 Å². The van der Waals surface area contributed by atoms with Gasteiger partial charge in [-0.25, -0.2) is 0 Å². The molecule has 0 aliphatic heterocycles. The topological polar surface area (TPSA) is 55.1 Å². The summed E-state index contributed by atoms with van der Waals surface area (Å²) in [5, 5.41) is 13.5. The van der Waals surface area contributed by atoms with Gasteiger partial charge in [-0.05, 0) is 18.9 Å². The third-order valence-electron chi connectivity index (χ3n) is 3.53. The standard InChI is InChI=1S/C13H20N2O2/c1-12(2,3)9-7-10(15(4)14-9)13(5-6-13)8-11(16)17/h7H,5-6,8H2,1-4H3,(H,16,17). The van der Waals surface area contributed by atoms with E-state index in [4.69, 9.17) is 5.11 Å². The maximum Gasteiger partial charge on any atom is 0.304 e. The zero-order valence-electron chi connectivity index (χ0n) is 10.9. The first-order valence-electron chi connectivity index (χ1n) is 6.01. The van der Waals surface area contributed by atoms with Crippen molar-refractivity contribution in [3.63, 3.8) is 0 Å². The van der Waals surface area contributed by atoms with Crippen LogP contribution in [0.2, 0.25) is 0 Å². The lowest BCUT2D eigenvalue weighted by molar-refractivity contribution is -0.137. The minimum atomic E-state index is -0.721. The van der Waals surface area contributed by atoms with Crippen molar-refractivity contribution in [1.82, 2.24) is 9.78 Å². The zero-order chi connectivity index (χ0) is 12.8. The van der Waals surface area contributed by atoms with Crippen LogP contribution >= 0.6 is 0 Å². The van der Waals surface area contributed by atoms with Gasteiger partial charge in [-0.1, -0.05) is 20.8 Å². The van der Waals surface area contributed by atoms with Gasteiger partial charge < -0.3 is 5.11 Å². The van der Waals surface area contributed by atoms with E-state index >= 15 is 0 Å². The second-order valence-electron chi connectivity index (χ2n) is 6.14. The van der Waals surface area contributed by atoms with E-state index < -0.39 is 5.97 Å². The molecule has 17 heavy (non-hydrogen) atoms. The monoisotopic (exact) mass is 236 g/mol. The molecule has 1 N–H and O–H groups in total. The Hall–Kier alpha value is -1.32. The van der Waals surface area contributed by atoms with Crippen LogP contribution in [-0.2, 0) is 22.7 Å². The Balaban J connectivity index is 2.34. The van der Waals surface area contributed by atoms with E-state index in [9.17, 15) is 4.79 Å². The highest BCUT2D eigenvalue weighted by molar-refractivity contribution is 5.69. The van der Waals surface area contributed by atoms with E-state index in [1.54, 1.807) is 0 Å². The number of rotatable bonds is 3. The van der Waals surface area contributed by atoms with Gasteiger partial charge >= 0.3 is 5.97 Å². The van der Waals surface area contributed by atoms with Crippen molar-refractivity contribution < 1.29 is 9.90 Å². The van der Waals surface area contributed by atoms with E-state index in [-0.39, 0.29) is 17.3 Å². The minimum absolute atomic E-state index is 0.00924. The van der Waals surface area contributed by atoms with Gasteiger partial charge in [0.15, 0.2) is 0 Å². The van der Waals surface area contributed by atoms with E-state index in [1.165, 1.54) is 0 Å². The Morgan fingerprint density at radius 3 is 2.47 bits per heavy atom. The highest BCUT2D eigenvalue weighted by Gasteiger charge is 2.48. The molecule has 1 saturated carbocycles. The summed E-state index contributed by atoms with van der Waals surface area (Å²) >= 11 is 0. The summed E-state index contributed by atoms with van der Waals surface area (Å²) in [4.78, 5) is 10.9. The number of carboxylic acids is 1. The van der Waals surface area contributed by atoms with Crippen molar-refractivity contribution in [1.29, 1.82) is 0 Å². The third kappa shape index (κ3) is 2.21. The van der Waals surface area contributed by atoms with Crippen molar-refractivity contribution in [2.24, 2.45) is 7.05 Å². The highest BCUT2D eigenvalue weighted by Crippen LogP contribution is 2.51. The maximum atomic E-state index is 10.9. The average Bonchev–Trinajstić information content (AvgIpc) is 2.78. The first-order valence-corrected chi connectivity index (χ1v) is 6.01. The number of carboxylic acid groups (broad SMARTS) is 1. The van der Waals surface area contributed by atoms with E-state index in [0.717, 1.165) is 24.2 Å². The molecular formula is C13H20N2O2. The number of aliphatic carboxylic acids is 1. The van der Waals surface area contributed by atoms with Crippen molar-refractivity contribution in [3.05, 3.63) is 17.5 Å². The van der Waals surface area contributed by atoms with Crippen molar-refractivity contribution in [2.45, 2.75) is 50.9 Å². The summed E-state index contributed by atoms with van der Waals surface area (Å²) < 4.78 is 1.86. The summed E-state index contributed by atoms with van der Waals surface area (Å²) in [6.45, 7) is 6.36. The van der Waals surface area contributed by atoms with Gasteiger partial charge in [-0.3, -0.25) is 9.48 Å². The fraction of sp³-hybridized carbons (Fsp3) is 0.692. The number of carbonyl (C=O) groups is 1. The SMILES string of the molecule is Cn1nc(C(C)(C)C)cc1C1(CC(=O)O)CC1. The number of aryl methyl sites for hydroxylation is 1. The lowest BCUT2D eigenvalue weighted by atomic mass is 9.90. The number of aromatic nitrogens is 2. The average molecular weight is 236 g/mol. The van der Waals surface area contributed by atoms with Gasteiger partial charge in [-0.15, -0.1) is 0 Å². The molecule has 0 amide bonds. The Morgan fingerprint density at radius 1 is 1.53 bits per heavy atom. The second kappa shape index (κ2) is 3.59. The van der Waals surface area contributed by atoms with Gasteiger partial charge in [-0.2, -0.15) is 5.10 Å². The largest absolute Gasteiger partial charge is 0.481 e.